The number of nitrogens with zero attached hydrogens (tertiary/aromatic N) is 1. The van der Waals surface area contributed by atoms with Crippen molar-refractivity contribution in [3.63, 3.8) is 0 Å². The van der Waals surface area contributed by atoms with Crippen LogP contribution in [0.3, 0.4) is 0 Å². The van der Waals surface area contributed by atoms with E-state index < -0.39 is 16.1 Å². The van der Waals surface area contributed by atoms with E-state index in [1.54, 1.807) is 0 Å². The predicted molar refractivity (Wildman–Crippen MR) is 63.3 cm³/mol. The average Bonchev–Trinajstić information content (AvgIpc) is 2.26. The summed E-state index contributed by atoms with van der Waals surface area (Å²) >= 11 is 5.53. The summed E-state index contributed by atoms with van der Waals surface area (Å²) in [5, 5.41) is 2.57. The van der Waals surface area contributed by atoms with Gasteiger partial charge in [-0.1, -0.05) is 18.5 Å². The zero-order valence-corrected chi connectivity index (χ0v) is 10.7. The van der Waals surface area contributed by atoms with Gasteiger partial charge in [0.2, 0.25) is 0 Å². The number of hydrogen-bond donors (Lipinski definition) is 2. The molecular weight excluding hydrogens is 266 g/mol. The summed E-state index contributed by atoms with van der Waals surface area (Å²) in [5.74, 6) is 0. The molecule has 0 saturated carbocycles. The summed E-state index contributed by atoms with van der Waals surface area (Å²) in [6.45, 7) is 2.26. The summed E-state index contributed by atoms with van der Waals surface area (Å²) in [6, 6.07) is 1.84. The fourth-order valence-corrected chi connectivity index (χ4v) is 1.96. The Bertz CT molecular complexity index is 487. The van der Waals surface area contributed by atoms with Crippen molar-refractivity contribution in [2.45, 2.75) is 18.2 Å². The number of hydrogen-bond acceptors (Lipinski definition) is 4. The second kappa shape index (κ2) is 5.83. The van der Waals surface area contributed by atoms with Crippen LogP contribution in [0.4, 0.5) is 4.79 Å². The molecule has 0 fully saturated rings. The number of nitrogens with one attached hydrogen (secondary N) is 2. The Balaban J connectivity index is 2.75. The highest BCUT2D eigenvalue weighted by Gasteiger charge is 2.17. The van der Waals surface area contributed by atoms with Crippen LogP contribution < -0.4 is 10.0 Å². The van der Waals surface area contributed by atoms with Gasteiger partial charge in [0, 0.05) is 12.7 Å². The average molecular weight is 278 g/mol. The fourth-order valence-electron chi connectivity index (χ4n) is 0.977. The maximum Gasteiger partial charge on any atom is 0.328 e. The lowest BCUT2D eigenvalue weighted by atomic mass is 10.5. The van der Waals surface area contributed by atoms with Crippen LogP contribution in [-0.2, 0) is 10.0 Å². The quantitative estimate of drug-likeness (QED) is 0.808. The lowest BCUT2D eigenvalue weighted by Gasteiger charge is -2.07. The molecule has 1 aromatic rings. The molecule has 17 heavy (non-hydrogen) atoms. The van der Waals surface area contributed by atoms with Crippen LogP contribution in [0.5, 0.6) is 0 Å². The van der Waals surface area contributed by atoms with E-state index in [4.69, 9.17) is 11.6 Å². The van der Waals surface area contributed by atoms with Crippen molar-refractivity contribution in [1.82, 2.24) is 15.0 Å². The Labute approximate surface area is 104 Å². The fraction of sp³-hybridized carbons (Fsp3) is 0.333. The van der Waals surface area contributed by atoms with E-state index >= 15 is 0 Å². The maximum absolute atomic E-state index is 11.7. The molecule has 0 bridgehead atoms. The van der Waals surface area contributed by atoms with Gasteiger partial charge in [0.1, 0.15) is 10.0 Å². The highest BCUT2D eigenvalue weighted by molar-refractivity contribution is 7.90. The Hall–Kier alpha value is -1.34. The van der Waals surface area contributed by atoms with Crippen LogP contribution in [0.1, 0.15) is 13.3 Å². The Morgan fingerprint density at radius 3 is 2.71 bits per heavy atom. The number of sulfonamides is 1. The van der Waals surface area contributed by atoms with Crippen molar-refractivity contribution < 1.29 is 13.2 Å². The van der Waals surface area contributed by atoms with Crippen LogP contribution in [0, 0.1) is 0 Å². The van der Waals surface area contributed by atoms with Crippen LogP contribution in [0.25, 0.3) is 0 Å². The third kappa shape index (κ3) is 4.20. The summed E-state index contributed by atoms with van der Waals surface area (Å²) < 4.78 is 25.2. The zero-order valence-electron chi connectivity index (χ0n) is 9.10. The monoisotopic (exact) mass is 277 g/mol. The first-order valence-corrected chi connectivity index (χ1v) is 6.74. The first kappa shape index (κ1) is 13.7. The van der Waals surface area contributed by atoms with Gasteiger partial charge in [-0.3, -0.25) is 0 Å². The minimum Gasteiger partial charge on any atom is -0.337 e. The first-order valence-electron chi connectivity index (χ1n) is 4.88. The van der Waals surface area contributed by atoms with Crippen molar-refractivity contribution in [2.24, 2.45) is 0 Å². The summed E-state index contributed by atoms with van der Waals surface area (Å²) in [6.07, 6.45) is 1.80. The molecule has 0 aliphatic heterocycles. The van der Waals surface area contributed by atoms with Crippen LogP contribution >= 0.6 is 11.6 Å². The maximum atomic E-state index is 11.7. The molecule has 0 unspecified atom stereocenters. The van der Waals surface area contributed by atoms with Gasteiger partial charge < -0.3 is 5.32 Å². The van der Waals surface area contributed by atoms with Gasteiger partial charge in [0.25, 0.3) is 10.0 Å². The lowest BCUT2D eigenvalue weighted by Crippen LogP contribution is -2.39. The van der Waals surface area contributed by atoms with Gasteiger partial charge in [0.15, 0.2) is 0 Å². The molecule has 0 atom stereocenters. The largest absolute Gasteiger partial charge is 0.337 e. The summed E-state index contributed by atoms with van der Waals surface area (Å²) in [7, 11) is -3.89. The van der Waals surface area contributed by atoms with Gasteiger partial charge in [-0.25, -0.2) is 22.9 Å². The molecule has 6 nitrogen and oxygen atoms in total. The predicted octanol–water partition coefficient (Wildman–Crippen LogP) is 1.13. The molecule has 0 aliphatic carbocycles. The molecule has 0 aliphatic rings. The molecule has 0 spiro atoms. The third-order valence-electron chi connectivity index (χ3n) is 1.77. The minimum absolute atomic E-state index is 0.117. The minimum atomic E-state index is -3.89. The van der Waals surface area contributed by atoms with Crippen molar-refractivity contribution in [3.8, 4) is 0 Å². The van der Waals surface area contributed by atoms with E-state index in [1.165, 1.54) is 12.1 Å². The molecule has 2 N–H and O–H groups in total. The zero-order chi connectivity index (χ0) is 12.9. The SMILES string of the molecule is CCCNC(=O)NS(=O)(=O)c1ccc(Cl)nc1. The van der Waals surface area contributed by atoms with Gasteiger partial charge in [-0.2, -0.15) is 0 Å². The molecule has 1 heterocycles. The Morgan fingerprint density at radius 2 is 2.18 bits per heavy atom. The van der Waals surface area contributed by atoms with Gasteiger partial charge in [-0.15, -0.1) is 0 Å². The van der Waals surface area contributed by atoms with Gasteiger partial charge in [0.05, 0.1) is 0 Å². The van der Waals surface area contributed by atoms with Crippen molar-refractivity contribution in [3.05, 3.63) is 23.5 Å². The van der Waals surface area contributed by atoms with Crippen LogP contribution in [-0.4, -0.2) is 26.0 Å². The number of carbonyl (C=O) groups is 1. The Kier molecular flexibility index (Phi) is 4.71. The van der Waals surface area contributed by atoms with E-state index in [0.717, 1.165) is 12.6 Å². The number of amides is 2. The molecule has 2 amide bonds. The van der Waals surface area contributed by atoms with Gasteiger partial charge in [-0.05, 0) is 18.6 Å². The highest BCUT2D eigenvalue weighted by Crippen LogP contribution is 2.10. The van der Waals surface area contributed by atoms with E-state index in [2.05, 4.69) is 10.3 Å². The number of urea groups is 1. The topological polar surface area (TPSA) is 88.2 Å². The smallest absolute Gasteiger partial charge is 0.328 e. The summed E-state index contributed by atoms with van der Waals surface area (Å²) in [4.78, 5) is 14.7. The molecule has 94 valence electrons. The van der Waals surface area contributed by atoms with Crippen molar-refractivity contribution in [2.75, 3.05) is 6.54 Å². The standard InChI is InChI=1S/C9H12ClN3O3S/c1-2-5-11-9(14)13-17(15,16)7-3-4-8(10)12-6-7/h3-4,6H,2,5H2,1H3,(H2,11,13,14). The van der Waals surface area contributed by atoms with Crippen LogP contribution in [0.2, 0.25) is 5.15 Å². The van der Waals surface area contributed by atoms with E-state index in [9.17, 15) is 13.2 Å². The van der Waals surface area contributed by atoms with Crippen molar-refractivity contribution >= 4 is 27.7 Å². The molecule has 0 aromatic carbocycles. The normalized spacial score (nSPS) is 10.9. The molecule has 0 radical (unpaired) electrons. The third-order valence-corrected chi connectivity index (χ3v) is 3.31. The van der Waals surface area contributed by atoms with E-state index in [-0.39, 0.29) is 10.0 Å². The molecule has 1 rings (SSSR count). The number of halogens is 1. The second-order valence-corrected chi connectivity index (χ2v) is 5.25. The number of pyridine rings is 1. The van der Waals surface area contributed by atoms with E-state index in [1.807, 2.05) is 11.6 Å². The number of carbonyl (C=O) groups excluding carboxylic acids is 1. The Morgan fingerprint density at radius 1 is 1.47 bits per heavy atom. The van der Waals surface area contributed by atoms with Gasteiger partial charge >= 0.3 is 6.03 Å². The van der Waals surface area contributed by atoms with E-state index in [0.29, 0.717) is 6.54 Å². The van der Waals surface area contributed by atoms with Crippen molar-refractivity contribution in [1.29, 1.82) is 0 Å². The summed E-state index contributed by atoms with van der Waals surface area (Å²) in [5.41, 5.74) is 0. The second-order valence-electron chi connectivity index (χ2n) is 3.18. The highest BCUT2D eigenvalue weighted by atomic mass is 35.5. The molecule has 8 heteroatoms. The molecule has 1 aromatic heterocycles. The number of rotatable bonds is 4. The molecular formula is C9H12ClN3O3S. The number of aromatic nitrogens is 1. The first-order chi connectivity index (χ1) is 7.95. The molecule has 0 saturated heterocycles. The lowest BCUT2D eigenvalue weighted by molar-refractivity contribution is 0.246. The van der Waals surface area contributed by atoms with Crippen LogP contribution in [0.15, 0.2) is 23.2 Å².